The molecule has 1 amide bonds. The minimum absolute atomic E-state index is 0.107. The molecule has 1 heterocycles. The Morgan fingerprint density at radius 2 is 1.58 bits per heavy atom. The van der Waals surface area contributed by atoms with Gasteiger partial charge in [-0.1, -0.05) is 35.3 Å². The van der Waals surface area contributed by atoms with Gasteiger partial charge in [0.05, 0.1) is 36.4 Å². The molecular weight excluding hydrogens is 527 g/mol. The number of hydrogen-bond acceptors (Lipinski definition) is 6. The Bertz CT molecular complexity index is 1380. The number of anilines is 2. The van der Waals surface area contributed by atoms with Crippen LogP contribution in [0.15, 0.2) is 66.2 Å². The molecule has 7 nitrogen and oxygen atoms in total. The topological polar surface area (TPSA) is 79.3 Å². The summed E-state index contributed by atoms with van der Waals surface area (Å²) in [5.41, 5.74) is 2.11. The summed E-state index contributed by atoms with van der Waals surface area (Å²) in [4.78, 5) is 30.6. The molecule has 0 spiro atoms. The first kappa shape index (κ1) is 27.4. The number of ketones is 1. The molecule has 0 bridgehead atoms. The third-order valence-corrected chi connectivity index (χ3v) is 7.10. The highest BCUT2D eigenvalue weighted by molar-refractivity contribution is 6.52. The Balaban J connectivity index is 1.93. The smallest absolute Gasteiger partial charge is 0.300 e. The van der Waals surface area contributed by atoms with Crippen LogP contribution in [0.4, 0.5) is 11.4 Å². The fourth-order valence-electron chi connectivity index (χ4n) is 4.70. The lowest BCUT2D eigenvalue weighted by Gasteiger charge is -2.27. The zero-order chi connectivity index (χ0) is 27.6. The molecule has 1 aliphatic heterocycles. The fourth-order valence-corrected chi connectivity index (χ4v) is 5.27. The SMILES string of the molecule is CCN(CC)c1ccc(N2C(=O)C(=O)/C(=C(/O)c3cc(Cl)cc(Cl)c3OC)C2c2ccc(OC)cc2)cc1. The normalized spacial score (nSPS) is 16.6. The van der Waals surface area contributed by atoms with Gasteiger partial charge in [0.15, 0.2) is 0 Å². The predicted molar refractivity (Wildman–Crippen MR) is 151 cm³/mol. The summed E-state index contributed by atoms with van der Waals surface area (Å²) in [5.74, 6) is -1.30. The number of rotatable bonds is 8. The zero-order valence-electron chi connectivity index (χ0n) is 21.5. The molecule has 3 aromatic carbocycles. The molecule has 0 saturated carbocycles. The number of Topliss-reactive ketones (excluding diaryl/α,β-unsaturated/α-hetero) is 1. The maximum absolute atomic E-state index is 13.5. The van der Waals surface area contributed by atoms with E-state index in [2.05, 4.69) is 18.7 Å². The molecule has 1 aliphatic rings. The molecule has 3 aromatic rings. The number of carbonyl (C=O) groups is 2. The molecule has 0 aromatic heterocycles. The Morgan fingerprint density at radius 1 is 0.947 bits per heavy atom. The number of halogens is 2. The van der Waals surface area contributed by atoms with Crippen LogP contribution < -0.4 is 19.3 Å². The van der Waals surface area contributed by atoms with Crippen molar-refractivity contribution >= 4 is 52.0 Å². The van der Waals surface area contributed by atoms with E-state index in [1.165, 1.54) is 24.1 Å². The molecule has 1 fully saturated rings. The van der Waals surface area contributed by atoms with Crippen LogP contribution in [0, 0.1) is 0 Å². The van der Waals surface area contributed by atoms with Crippen molar-refractivity contribution in [3.05, 3.63) is 87.4 Å². The van der Waals surface area contributed by atoms with E-state index in [0.29, 0.717) is 17.0 Å². The summed E-state index contributed by atoms with van der Waals surface area (Å²) in [6.45, 7) is 5.79. The largest absolute Gasteiger partial charge is 0.507 e. The summed E-state index contributed by atoms with van der Waals surface area (Å²) in [6.07, 6.45) is 0. The van der Waals surface area contributed by atoms with E-state index in [9.17, 15) is 14.7 Å². The maximum atomic E-state index is 13.5. The minimum atomic E-state index is -0.928. The van der Waals surface area contributed by atoms with Gasteiger partial charge < -0.3 is 19.5 Å². The van der Waals surface area contributed by atoms with Crippen molar-refractivity contribution in [2.24, 2.45) is 0 Å². The molecular formula is C29H28Cl2N2O5. The number of hydrogen-bond donors (Lipinski definition) is 1. The molecule has 1 atom stereocenters. The van der Waals surface area contributed by atoms with E-state index < -0.39 is 23.5 Å². The number of aliphatic hydroxyl groups excluding tert-OH is 1. The fraction of sp³-hybridized carbons (Fsp3) is 0.241. The van der Waals surface area contributed by atoms with Crippen LogP contribution in [-0.2, 0) is 9.59 Å². The van der Waals surface area contributed by atoms with Crippen molar-refractivity contribution in [1.29, 1.82) is 0 Å². The average Bonchev–Trinajstić information content (AvgIpc) is 3.19. The van der Waals surface area contributed by atoms with Crippen LogP contribution in [-0.4, -0.2) is 44.1 Å². The summed E-state index contributed by atoms with van der Waals surface area (Å²) in [5, 5.41) is 11.9. The third kappa shape index (κ3) is 4.91. The molecule has 4 rings (SSSR count). The molecule has 0 aliphatic carbocycles. The van der Waals surface area contributed by atoms with Gasteiger partial charge in [0.1, 0.15) is 17.3 Å². The highest BCUT2D eigenvalue weighted by Gasteiger charge is 2.47. The van der Waals surface area contributed by atoms with Crippen LogP contribution in [0.3, 0.4) is 0 Å². The molecule has 198 valence electrons. The van der Waals surface area contributed by atoms with Gasteiger partial charge in [-0.3, -0.25) is 14.5 Å². The van der Waals surface area contributed by atoms with E-state index in [4.69, 9.17) is 32.7 Å². The van der Waals surface area contributed by atoms with Crippen molar-refractivity contribution < 1.29 is 24.2 Å². The van der Waals surface area contributed by atoms with Gasteiger partial charge in [-0.25, -0.2) is 0 Å². The second-order valence-corrected chi connectivity index (χ2v) is 9.44. The molecule has 1 N–H and O–H groups in total. The van der Waals surface area contributed by atoms with E-state index in [1.807, 2.05) is 12.1 Å². The van der Waals surface area contributed by atoms with Crippen LogP contribution in [0.2, 0.25) is 10.0 Å². The first-order valence-corrected chi connectivity index (χ1v) is 12.8. The van der Waals surface area contributed by atoms with Gasteiger partial charge in [-0.15, -0.1) is 0 Å². The van der Waals surface area contributed by atoms with Gasteiger partial charge in [-0.05, 0) is 67.9 Å². The van der Waals surface area contributed by atoms with Gasteiger partial charge >= 0.3 is 0 Å². The Morgan fingerprint density at radius 3 is 2.13 bits per heavy atom. The molecule has 1 unspecified atom stereocenters. The first-order valence-electron chi connectivity index (χ1n) is 12.1. The quantitative estimate of drug-likeness (QED) is 0.195. The van der Waals surface area contributed by atoms with E-state index >= 15 is 0 Å². The van der Waals surface area contributed by atoms with E-state index in [-0.39, 0.29) is 26.9 Å². The summed E-state index contributed by atoms with van der Waals surface area (Å²) in [7, 11) is 2.94. The zero-order valence-corrected chi connectivity index (χ0v) is 23.0. The van der Waals surface area contributed by atoms with Crippen molar-refractivity contribution in [3.63, 3.8) is 0 Å². The molecule has 1 saturated heterocycles. The lowest BCUT2D eigenvalue weighted by molar-refractivity contribution is -0.132. The van der Waals surface area contributed by atoms with Gasteiger partial charge in [0, 0.05) is 29.5 Å². The summed E-state index contributed by atoms with van der Waals surface area (Å²) < 4.78 is 10.7. The van der Waals surface area contributed by atoms with Gasteiger partial charge in [0.2, 0.25) is 0 Å². The van der Waals surface area contributed by atoms with Crippen LogP contribution in [0.5, 0.6) is 11.5 Å². The summed E-state index contributed by atoms with van der Waals surface area (Å²) in [6, 6.07) is 16.4. The molecule has 9 heteroatoms. The van der Waals surface area contributed by atoms with Crippen molar-refractivity contribution in [1.82, 2.24) is 0 Å². The Hall–Kier alpha value is -3.68. The highest BCUT2D eigenvalue weighted by Crippen LogP contribution is 2.45. The lowest BCUT2D eigenvalue weighted by Crippen LogP contribution is -2.29. The standard InChI is InChI=1S/C29H28Cl2N2O5/c1-5-32(6-2)19-9-11-20(12-10-19)33-25(17-7-13-21(37-3)14-8-17)24(27(35)29(33)36)26(34)22-15-18(30)16-23(31)28(22)38-4/h7-16,25,34H,5-6H2,1-4H3/b26-24+. The number of aliphatic hydroxyl groups is 1. The number of amides is 1. The average molecular weight is 555 g/mol. The number of nitrogens with zero attached hydrogens (tertiary/aromatic N) is 2. The van der Waals surface area contributed by atoms with Crippen LogP contribution in [0.1, 0.15) is 31.0 Å². The monoisotopic (exact) mass is 554 g/mol. The Labute approximate surface area is 231 Å². The van der Waals surface area contributed by atoms with Crippen molar-refractivity contribution in [3.8, 4) is 11.5 Å². The third-order valence-electron chi connectivity index (χ3n) is 6.60. The van der Waals surface area contributed by atoms with Crippen molar-refractivity contribution in [2.45, 2.75) is 19.9 Å². The highest BCUT2D eigenvalue weighted by atomic mass is 35.5. The Kier molecular flexibility index (Phi) is 8.19. The second-order valence-electron chi connectivity index (χ2n) is 8.60. The van der Waals surface area contributed by atoms with Crippen LogP contribution >= 0.6 is 23.2 Å². The van der Waals surface area contributed by atoms with E-state index in [1.54, 1.807) is 43.5 Å². The van der Waals surface area contributed by atoms with Gasteiger partial charge in [-0.2, -0.15) is 0 Å². The number of benzene rings is 3. The van der Waals surface area contributed by atoms with Crippen LogP contribution in [0.25, 0.3) is 5.76 Å². The second kappa shape index (κ2) is 11.4. The maximum Gasteiger partial charge on any atom is 0.300 e. The number of methoxy groups -OCH3 is 2. The molecule has 38 heavy (non-hydrogen) atoms. The van der Waals surface area contributed by atoms with Gasteiger partial charge in [0.25, 0.3) is 11.7 Å². The predicted octanol–water partition coefficient (Wildman–Crippen LogP) is 6.48. The number of ether oxygens (including phenoxy) is 2. The summed E-state index contributed by atoms with van der Waals surface area (Å²) >= 11 is 12.5. The molecule has 0 radical (unpaired) electrons. The minimum Gasteiger partial charge on any atom is -0.507 e. The number of carbonyl (C=O) groups excluding carboxylic acids is 2. The van der Waals surface area contributed by atoms with E-state index in [0.717, 1.165) is 18.8 Å². The lowest BCUT2D eigenvalue weighted by atomic mass is 9.94. The van der Waals surface area contributed by atoms with Crippen molar-refractivity contribution in [2.75, 3.05) is 37.1 Å². The first-order chi connectivity index (χ1) is 18.2.